The molecule has 0 amide bonds. The average molecular weight is 565 g/mol. The molecule has 3 aromatic carbocycles. The van der Waals surface area contributed by atoms with Gasteiger partial charge in [-0.1, -0.05) is 106 Å². The highest BCUT2D eigenvalue weighted by molar-refractivity contribution is 5.71. The van der Waals surface area contributed by atoms with E-state index >= 15 is 8.78 Å². The molecule has 1 heterocycles. The quantitative estimate of drug-likeness (QED) is 0.143. The van der Waals surface area contributed by atoms with E-state index in [1.807, 2.05) is 19.1 Å². The van der Waals surface area contributed by atoms with Crippen LogP contribution in [0.25, 0.3) is 22.3 Å². The lowest BCUT2D eigenvalue weighted by Crippen LogP contribution is -2.27. The molecule has 1 aliphatic rings. The molecular weight excluding hydrogens is 521 g/mol. The lowest BCUT2D eigenvalue weighted by molar-refractivity contribution is -0.207. The minimum absolute atomic E-state index is 0.231. The van der Waals surface area contributed by atoms with Crippen molar-refractivity contribution in [2.45, 2.75) is 84.3 Å². The third-order valence-corrected chi connectivity index (χ3v) is 7.94. The maximum Gasteiger partial charge on any atom is 0.186 e. The van der Waals surface area contributed by atoms with E-state index in [1.165, 1.54) is 31.7 Å². The van der Waals surface area contributed by atoms with E-state index in [0.717, 1.165) is 37.7 Å². The number of ether oxygens (including phenoxy) is 2. The number of aryl methyl sites for hydroxylation is 1. The SMILES string of the molecule is CC=CCCC1COC(c2ccc(-c3ccc(-c4ccc(CCCCCCCCC)c(F)c4F)cc3)cc2F)OC1. The van der Waals surface area contributed by atoms with Gasteiger partial charge in [-0.25, -0.2) is 13.2 Å². The fraction of sp³-hybridized carbons (Fsp3) is 0.444. The monoisotopic (exact) mass is 564 g/mol. The van der Waals surface area contributed by atoms with Crippen LogP contribution in [0.1, 0.15) is 89.1 Å². The molecule has 5 heteroatoms. The number of benzene rings is 3. The molecule has 1 saturated heterocycles. The first-order chi connectivity index (χ1) is 20.0. The summed E-state index contributed by atoms with van der Waals surface area (Å²) in [6, 6.07) is 15.5. The number of allylic oxidation sites excluding steroid dienone is 2. The normalized spacial score (nSPS) is 17.4. The molecule has 0 spiro atoms. The highest BCUT2D eigenvalue weighted by atomic mass is 19.2. The first-order valence-corrected chi connectivity index (χ1v) is 15.2. The van der Waals surface area contributed by atoms with E-state index in [4.69, 9.17) is 9.47 Å². The Labute approximate surface area is 243 Å². The molecule has 2 nitrogen and oxygen atoms in total. The second kappa shape index (κ2) is 15.9. The molecule has 0 saturated carbocycles. The van der Waals surface area contributed by atoms with Gasteiger partial charge in [0.2, 0.25) is 0 Å². The Balaban J connectivity index is 1.35. The molecule has 3 aromatic rings. The third kappa shape index (κ3) is 8.56. The van der Waals surface area contributed by atoms with Crippen LogP contribution in [-0.2, 0) is 15.9 Å². The molecule has 4 rings (SSSR count). The fourth-order valence-corrected chi connectivity index (χ4v) is 5.41. The van der Waals surface area contributed by atoms with Crippen LogP contribution in [-0.4, -0.2) is 13.2 Å². The zero-order valence-electron chi connectivity index (χ0n) is 24.4. The van der Waals surface area contributed by atoms with E-state index in [1.54, 1.807) is 42.5 Å². The summed E-state index contributed by atoms with van der Waals surface area (Å²) in [5.74, 6) is -1.66. The number of halogens is 3. The van der Waals surface area contributed by atoms with Crippen molar-refractivity contribution in [2.24, 2.45) is 5.92 Å². The summed E-state index contributed by atoms with van der Waals surface area (Å²) in [6.07, 6.45) is 13.9. The lowest BCUT2D eigenvalue weighted by Gasteiger charge is -2.29. The van der Waals surface area contributed by atoms with Crippen molar-refractivity contribution in [1.29, 1.82) is 0 Å². The predicted molar refractivity (Wildman–Crippen MR) is 161 cm³/mol. The van der Waals surface area contributed by atoms with Crippen molar-refractivity contribution in [2.75, 3.05) is 13.2 Å². The van der Waals surface area contributed by atoms with Crippen LogP contribution in [0.4, 0.5) is 13.2 Å². The number of unbranched alkanes of at least 4 members (excludes halogenated alkanes) is 6. The Morgan fingerprint density at radius 1 is 0.756 bits per heavy atom. The number of hydrogen-bond acceptors (Lipinski definition) is 2. The molecule has 0 N–H and O–H groups in total. The summed E-state index contributed by atoms with van der Waals surface area (Å²) in [7, 11) is 0. The lowest BCUT2D eigenvalue weighted by atomic mass is 9.97. The fourth-order valence-electron chi connectivity index (χ4n) is 5.41. The van der Waals surface area contributed by atoms with Gasteiger partial charge in [0.05, 0.1) is 13.2 Å². The summed E-state index contributed by atoms with van der Waals surface area (Å²) >= 11 is 0. The van der Waals surface area contributed by atoms with Gasteiger partial charge in [-0.15, -0.1) is 0 Å². The molecule has 0 atom stereocenters. The average Bonchev–Trinajstić information content (AvgIpc) is 2.99. The van der Waals surface area contributed by atoms with Gasteiger partial charge in [0, 0.05) is 17.0 Å². The molecule has 0 bridgehead atoms. The maximum absolute atomic E-state index is 15.1. The Morgan fingerprint density at radius 3 is 2.10 bits per heavy atom. The predicted octanol–water partition coefficient (Wildman–Crippen LogP) is 10.7. The molecule has 0 unspecified atom stereocenters. The standard InChI is InChI=1S/C36H43F3O2/c1-3-5-7-8-9-10-12-14-29-19-21-31(35(39)34(29)38)28-17-15-27(16-18-28)30-20-22-32(33(37)23-30)36-40-24-26(25-41-36)13-11-6-4-2/h4,6,15-23,26,36H,3,5,7-14,24-25H2,1-2H3. The highest BCUT2D eigenvalue weighted by Gasteiger charge is 2.25. The van der Waals surface area contributed by atoms with Crippen LogP contribution < -0.4 is 0 Å². The summed E-state index contributed by atoms with van der Waals surface area (Å²) in [4.78, 5) is 0. The van der Waals surface area contributed by atoms with Crippen molar-refractivity contribution in [3.63, 3.8) is 0 Å². The third-order valence-electron chi connectivity index (χ3n) is 7.94. The van der Waals surface area contributed by atoms with Gasteiger partial charge >= 0.3 is 0 Å². The molecular formula is C36H43F3O2. The molecule has 1 fully saturated rings. The topological polar surface area (TPSA) is 18.5 Å². The first kappa shape index (κ1) is 31.1. The van der Waals surface area contributed by atoms with Crippen molar-refractivity contribution in [3.8, 4) is 22.3 Å². The zero-order chi connectivity index (χ0) is 29.0. The van der Waals surface area contributed by atoms with Crippen LogP contribution in [0.15, 0.2) is 66.7 Å². The summed E-state index contributed by atoms with van der Waals surface area (Å²) in [5.41, 5.74) is 3.10. The Morgan fingerprint density at radius 2 is 1.41 bits per heavy atom. The van der Waals surface area contributed by atoms with E-state index in [0.29, 0.717) is 47.8 Å². The molecule has 0 aromatic heterocycles. The van der Waals surface area contributed by atoms with Crippen LogP contribution in [0, 0.1) is 23.4 Å². The smallest absolute Gasteiger partial charge is 0.186 e. The van der Waals surface area contributed by atoms with E-state index < -0.39 is 23.7 Å². The van der Waals surface area contributed by atoms with E-state index in [2.05, 4.69) is 13.0 Å². The maximum atomic E-state index is 15.1. The van der Waals surface area contributed by atoms with Gasteiger partial charge in [-0.3, -0.25) is 0 Å². The van der Waals surface area contributed by atoms with Crippen LogP contribution in [0.2, 0.25) is 0 Å². The zero-order valence-corrected chi connectivity index (χ0v) is 24.4. The molecule has 1 aliphatic heterocycles. The van der Waals surface area contributed by atoms with Gasteiger partial charge < -0.3 is 9.47 Å². The van der Waals surface area contributed by atoms with Gasteiger partial charge in [0.25, 0.3) is 0 Å². The van der Waals surface area contributed by atoms with Crippen molar-refractivity contribution in [1.82, 2.24) is 0 Å². The second-order valence-corrected chi connectivity index (χ2v) is 11.1. The summed E-state index contributed by atoms with van der Waals surface area (Å²) in [6.45, 7) is 5.28. The molecule has 0 aliphatic carbocycles. The Kier molecular flexibility index (Phi) is 12.1. The van der Waals surface area contributed by atoms with E-state index in [9.17, 15) is 4.39 Å². The van der Waals surface area contributed by atoms with Crippen molar-refractivity contribution in [3.05, 3.63) is 95.3 Å². The van der Waals surface area contributed by atoms with Gasteiger partial charge in [-0.2, -0.15) is 0 Å². The molecule has 0 radical (unpaired) electrons. The number of rotatable bonds is 14. The molecule has 220 valence electrons. The van der Waals surface area contributed by atoms with Crippen LogP contribution >= 0.6 is 0 Å². The van der Waals surface area contributed by atoms with Gasteiger partial charge in [-0.05, 0) is 60.9 Å². The summed E-state index contributed by atoms with van der Waals surface area (Å²) < 4.78 is 56.6. The minimum atomic E-state index is -0.815. The molecule has 41 heavy (non-hydrogen) atoms. The largest absolute Gasteiger partial charge is 0.348 e. The minimum Gasteiger partial charge on any atom is -0.348 e. The Hall–Kier alpha value is -2.89. The second-order valence-electron chi connectivity index (χ2n) is 11.1. The number of hydrogen-bond donors (Lipinski definition) is 0. The van der Waals surface area contributed by atoms with Crippen LogP contribution in [0.3, 0.4) is 0 Å². The van der Waals surface area contributed by atoms with Gasteiger partial charge in [0.15, 0.2) is 17.9 Å². The van der Waals surface area contributed by atoms with Gasteiger partial charge in [0.1, 0.15) is 5.82 Å². The van der Waals surface area contributed by atoms with Crippen LogP contribution in [0.5, 0.6) is 0 Å². The van der Waals surface area contributed by atoms with Crippen molar-refractivity contribution < 1.29 is 22.6 Å². The van der Waals surface area contributed by atoms with Crippen molar-refractivity contribution >= 4 is 0 Å². The highest BCUT2D eigenvalue weighted by Crippen LogP contribution is 2.33. The first-order valence-electron chi connectivity index (χ1n) is 15.2. The van der Waals surface area contributed by atoms with E-state index in [-0.39, 0.29) is 5.56 Å². The summed E-state index contributed by atoms with van der Waals surface area (Å²) in [5, 5.41) is 0. The Bertz CT molecular complexity index is 1260.